The van der Waals surface area contributed by atoms with Gasteiger partial charge in [0, 0.05) is 17.1 Å². The number of amides is 1. The van der Waals surface area contributed by atoms with E-state index in [0.29, 0.717) is 6.42 Å². The summed E-state index contributed by atoms with van der Waals surface area (Å²) in [6.45, 7) is 12.9. The SMILES string of the molecule is C=CC1=C(C=C(C)C)CCCN1C(=O)C1CC(Cl)c2ccccc2S1.CC. The summed E-state index contributed by atoms with van der Waals surface area (Å²) in [6, 6.07) is 8.13. The predicted octanol–water partition coefficient (Wildman–Crippen LogP) is 6.89. The first kappa shape index (κ1) is 21.8. The second-order valence-electron chi connectivity index (χ2n) is 6.78. The maximum Gasteiger partial charge on any atom is 0.240 e. The van der Waals surface area contributed by atoms with Gasteiger partial charge in [-0.2, -0.15) is 0 Å². The fraction of sp³-hybridized carbons (Fsp3) is 0.435. The van der Waals surface area contributed by atoms with Crippen LogP contribution in [0.2, 0.25) is 0 Å². The number of hydrogen-bond donors (Lipinski definition) is 0. The lowest BCUT2D eigenvalue weighted by molar-refractivity contribution is -0.129. The molecule has 0 N–H and O–H groups in total. The van der Waals surface area contributed by atoms with Crippen LogP contribution >= 0.6 is 23.4 Å². The molecule has 1 aromatic carbocycles. The van der Waals surface area contributed by atoms with Gasteiger partial charge in [-0.25, -0.2) is 0 Å². The molecule has 3 rings (SSSR count). The Morgan fingerprint density at radius 2 is 2.00 bits per heavy atom. The molecule has 2 atom stereocenters. The van der Waals surface area contributed by atoms with Crippen molar-refractivity contribution in [3.05, 3.63) is 65.4 Å². The summed E-state index contributed by atoms with van der Waals surface area (Å²) in [7, 11) is 0. The van der Waals surface area contributed by atoms with Crippen LogP contribution in [0.4, 0.5) is 0 Å². The highest BCUT2D eigenvalue weighted by Crippen LogP contribution is 2.44. The number of thioether (sulfide) groups is 1. The van der Waals surface area contributed by atoms with Gasteiger partial charge < -0.3 is 4.90 Å². The van der Waals surface area contributed by atoms with Crippen molar-refractivity contribution in [3.8, 4) is 0 Å². The molecule has 146 valence electrons. The molecular formula is C23H30ClNOS. The van der Waals surface area contributed by atoms with Gasteiger partial charge in [-0.3, -0.25) is 4.79 Å². The van der Waals surface area contributed by atoms with E-state index in [-0.39, 0.29) is 16.5 Å². The van der Waals surface area contributed by atoms with Gasteiger partial charge in [0.2, 0.25) is 5.91 Å². The zero-order chi connectivity index (χ0) is 20.0. The van der Waals surface area contributed by atoms with Crippen molar-refractivity contribution >= 4 is 29.3 Å². The number of fused-ring (bicyclic) bond motifs is 1. The van der Waals surface area contributed by atoms with Gasteiger partial charge in [-0.05, 0) is 56.4 Å². The van der Waals surface area contributed by atoms with Crippen molar-refractivity contribution in [3.63, 3.8) is 0 Å². The first-order valence-corrected chi connectivity index (χ1v) is 11.0. The highest BCUT2D eigenvalue weighted by atomic mass is 35.5. The lowest BCUT2D eigenvalue weighted by atomic mass is 9.98. The molecule has 0 spiro atoms. The second-order valence-corrected chi connectivity index (χ2v) is 8.55. The molecule has 0 saturated carbocycles. The van der Waals surface area contributed by atoms with Crippen LogP contribution in [0.1, 0.15) is 57.9 Å². The van der Waals surface area contributed by atoms with Gasteiger partial charge in [0.1, 0.15) is 0 Å². The van der Waals surface area contributed by atoms with E-state index in [1.54, 1.807) is 11.8 Å². The Balaban J connectivity index is 0.00000126. The molecule has 2 nitrogen and oxygen atoms in total. The van der Waals surface area contributed by atoms with Crippen molar-refractivity contribution in [2.45, 2.75) is 62.5 Å². The molecule has 2 aliphatic heterocycles. The van der Waals surface area contributed by atoms with Gasteiger partial charge in [0.05, 0.1) is 10.6 Å². The number of carbonyl (C=O) groups excluding carboxylic acids is 1. The monoisotopic (exact) mass is 403 g/mol. The zero-order valence-electron chi connectivity index (χ0n) is 16.8. The molecule has 2 aliphatic rings. The molecule has 0 aliphatic carbocycles. The molecule has 1 amide bonds. The Kier molecular flexibility index (Phi) is 8.25. The van der Waals surface area contributed by atoms with Crippen molar-refractivity contribution in [2.75, 3.05) is 6.54 Å². The van der Waals surface area contributed by atoms with Crippen molar-refractivity contribution in [1.82, 2.24) is 4.90 Å². The number of allylic oxidation sites excluding steroid dienone is 4. The molecule has 4 heteroatoms. The molecule has 0 fully saturated rings. The summed E-state index contributed by atoms with van der Waals surface area (Å²) < 4.78 is 0. The summed E-state index contributed by atoms with van der Waals surface area (Å²) in [6.07, 6.45) is 6.64. The molecule has 2 unspecified atom stereocenters. The number of carbonyl (C=O) groups is 1. The van der Waals surface area contributed by atoms with E-state index in [2.05, 4.69) is 38.6 Å². The van der Waals surface area contributed by atoms with E-state index in [1.165, 1.54) is 11.1 Å². The van der Waals surface area contributed by atoms with Gasteiger partial charge in [0.25, 0.3) is 0 Å². The van der Waals surface area contributed by atoms with Crippen molar-refractivity contribution in [2.24, 2.45) is 0 Å². The second kappa shape index (κ2) is 10.2. The van der Waals surface area contributed by atoms with Gasteiger partial charge in [-0.1, -0.05) is 50.3 Å². The van der Waals surface area contributed by atoms with Gasteiger partial charge in [0.15, 0.2) is 0 Å². The number of alkyl halides is 1. The van der Waals surface area contributed by atoms with Crippen LogP contribution in [0.25, 0.3) is 0 Å². The summed E-state index contributed by atoms with van der Waals surface area (Å²) in [5.41, 5.74) is 4.55. The minimum Gasteiger partial charge on any atom is -0.311 e. The van der Waals surface area contributed by atoms with E-state index in [0.717, 1.165) is 35.5 Å². The van der Waals surface area contributed by atoms with Crippen LogP contribution < -0.4 is 0 Å². The predicted molar refractivity (Wildman–Crippen MR) is 118 cm³/mol. The number of hydrogen-bond acceptors (Lipinski definition) is 2. The van der Waals surface area contributed by atoms with Gasteiger partial charge >= 0.3 is 0 Å². The molecule has 0 aromatic heterocycles. The first-order chi connectivity index (χ1) is 13.0. The minimum atomic E-state index is -0.140. The highest BCUT2D eigenvalue weighted by Gasteiger charge is 2.35. The molecule has 0 bridgehead atoms. The topological polar surface area (TPSA) is 20.3 Å². The molecule has 2 heterocycles. The van der Waals surface area contributed by atoms with Crippen LogP contribution in [0.3, 0.4) is 0 Å². The molecule has 1 aromatic rings. The maximum absolute atomic E-state index is 13.3. The zero-order valence-corrected chi connectivity index (χ0v) is 18.4. The Morgan fingerprint density at radius 1 is 1.30 bits per heavy atom. The third-order valence-corrected chi connectivity index (χ3v) is 6.31. The Hall–Kier alpha value is -1.45. The highest BCUT2D eigenvalue weighted by molar-refractivity contribution is 8.00. The van der Waals surface area contributed by atoms with Crippen molar-refractivity contribution in [1.29, 1.82) is 0 Å². The van der Waals surface area contributed by atoms with E-state index in [1.807, 2.05) is 37.0 Å². The Labute approximate surface area is 173 Å². The molecule has 0 saturated heterocycles. The average Bonchev–Trinajstić information content (AvgIpc) is 2.68. The fourth-order valence-electron chi connectivity index (χ4n) is 3.50. The Bertz CT molecular complexity index is 749. The van der Waals surface area contributed by atoms with Crippen LogP contribution in [-0.2, 0) is 4.79 Å². The smallest absolute Gasteiger partial charge is 0.240 e. The Morgan fingerprint density at radius 3 is 2.67 bits per heavy atom. The van der Waals surface area contributed by atoms with Crippen LogP contribution in [0.15, 0.2) is 64.7 Å². The number of nitrogens with zero attached hydrogens (tertiary/aromatic N) is 1. The average molecular weight is 404 g/mol. The largest absolute Gasteiger partial charge is 0.311 e. The standard InChI is InChI=1S/C21H24ClNOS.C2H6/c1-4-18-15(12-14(2)3)8-7-11-23(18)21(24)20-13-17(22)16-9-5-6-10-19(16)25-20;1-2/h4-6,9-10,12,17,20H,1,7-8,11,13H2,2-3H3;1-2H3. The summed E-state index contributed by atoms with van der Waals surface area (Å²) in [5, 5.41) is -0.247. The number of halogens is 1. The number of rotatable bonds is 3. The van der Waals surface area contributed by atoms with E-state index in [9.17, 15) is 4.79 Å². The van der Waals surface area contributed by atoms with Crippen LogP contribution in [0.5, 0.6) is 0 Å². The summed E-state index contributed by atoms with van der Waals surface area (Å²) in [4.78, 5) is 16.3. The maximum atomic E-state index is 13.3. The fourth-order valence-corrected chi connectivity index (χ4v) is 5.37. The quantitative estimate of drug-likeness (QED) is 0.512. The van der Waals surface area contributed by atoms with Gasteiger partial charge in [-0.15, -0.1) is 23.4 Å². The molecule has 0 radical (unpaired) electrons. The molecule has 27 heavy (non-hydrogen) atoms. The van der Waals surface area contributed by atoms with E-state index >= 15 is 0 Å². The summed E-state index contributed by atoms with van der Waals surface area (Å²) >= 11 is 8.21. The van der Waals surface area contributed by atoms with E-state index < -0.39 is 0 Å². The van der Waals surface area contributed by atoms with Crippen LogP contribution in [0, 0.1) is 0 Å². The lowest BCUT2D eigenvalue weighted by Gasteiger charge is -2.35. The third kappa shape index (κ3) is 5.08. The minimum absolute atomic E-state index is 0.107. The normalized spacial score (nSPS) is 21.6. The lowest BCUT2D eigenvalue weighted by Crippen LogP contribution is -2.40. The third-order valence-electron chi connectivity index (χ3n) is 4.59. The van der Waals surface area contributed by atoms with E-state index in [4.69, 9.17) is 11.6 Å². The summed E-state index contributed by atoms with van der Waals surface area (Å²) in [5.74, 6) is 0.152. The van der Waals surface area contributed by atoms with Crippen molar-refractivity contribution < 1.29 is 4.79 Å². The van der Waals surface area contributed by atoms with Crippen LogP contribution in [-0.4, -0.2) is 22.6 Å². The first-order valence-electron chi connectivity index (χ1n) is 9.72. The number of benzene rings is 1. The molecular weight excluding hydrogens is 374 g/mol.